The van der Waals surface area contributed by atoms with Gasteiger partial charge >= 0.3 is 0 Å². The first-order chi connectivity index (χ1) is 8.11. The van der Waals surface area contributed by atoms with Gasteiger partial charge in [-0.1, -0.05) is 0 Å². The van der Waals surface area contributed by atoms with Crippen LogP contribution in [0.25, 0.3) is 11.1 Å². The second-order valence-corrected chi connectivity index (χ2v) is 6.63. The van der Waals surface area contributed by atoms with E-state index in [1.807, 2.05) is 17.5 Å². The van der Waals surface area contributed by atoms with E-state index in [9.17, 15) is 8.42 Å². The Balaban J connectivity index is 2.05. The van der Waals surface area contributed by atoms with Crippen molar-refractivity contribution in [1.29, 1.82) is 0 Å². The molecule has 0 aromatic carbocycles. The fourth-order valence-electron chi connectivity index (χ4n) is 1.34. The lowest BCUT2D eigenvalue weighted by Crippen LogP contribution is -2.24. The molecule has 2 aromatic heterocycles. The number of nitrogens with one attached hydrogen (secondary N) is 1. The van der Waals surface area contributed by atoms with Gasteiger partial charge in [-0.05, 0) is 30.0 Å². The Bertz CT molecular complexity index is 570. The predicted molar refractivity (Wildman–Crippen MR) is 68.3 cm³/mol. The highest BCUT2D eigenvalue weighted by Gasteiger charge is 2.08. The number of hydrogen-bond donors (Lipinski definition) is 1. The minimum atomic E-state index is -3.12. The molecule has 0 fully saturated rings. The fraction of sp³-hybridized carbons (Fsp3) is 0.273. The molecular weight excluding hydrogens is 258 g/mol. The quantitative estimate of drug-likeness (QED) is 0.908. The van der Waals surface area contributed by atoms with Crippen LogP contribution in [-0.2, 0) is 16.6 Å². The van der Waals surface area contributed by atoms with Gasteiger partial charge in [0.1, 0.15) is 0 Å². The van der Waals surface area contributed by atoms with Gasteiger partial charge in [0.05, 0.1) is 18.3 Å². The molecule has 92 valence electrons. The molecule has 0 atom stereocenters. The van der Waals surface area contributed by atoms with E-state index in [4.69, 9.17) is 4.42 Å². The molecule has 6 heteroatoms. The maximum atomic E-state index is 11.3. The van der Waals surface area contributed by atoms with Crippen molar-refractivity contribution in [1.82, 2.24) is 4.72 Å². The van der Waals surface area contributed by atoms with Crippen molar-refractivity contribution in [3.8, 4) is 11.1 Å². The zero-order valence-corrected chi connectivity index (χ0v) is 11.0. The molecule has 0 bridgehead atoms. The van der Waals surface area contributed by atoms with Crippen LogP contribution in [-0.4, -0.2) is 14.2 Å². The highest BCUT2D eigenvalue weighted by Crippen LogP contribution is 2.25. The average Bonchev–Trinajstić information content (AvgIpc) is 2.97. The number of rotatable bonds is 5. The lowest BCUT2D eigenvalue weighted by molar-refractivity contribution is 0.568. The van der Waals surface area contributed by atoms with E-state index in [2.05, 4.69) is 4.72 Å². The Hall–Kier alpha value is -1.11. The Morgan fingerprint density at radius 1 is 1.41 bits per heavy atom. The van der Waals surface area contributed by atoms with Crippen LogP contribution in [0.1, 0.15) is 11.8 Å². The van der Waals surface area contributed by atoms with Crippen molar-refractivity contribution in [2.75, 3.05) is 5.75 Å². The summed E-state index contributed by atoms with van der Waals surface area (Å²) in [5.74, 6) is 0.104. The Morgan fingerprint density at radius 2 is 2.24 bits per heavy atom. The molecule has 4 nitrogen and oxygen atoms in total. The van der Waals surface area contributed by atoms with Crippen molar-refractivity contribution >= 4 is 21.4 Å². The maximum Gasteiger partial charge on any atom is 0.211 e. The summed E-state index contributed by atoms with van der Waals surface area (Å²) in [7, 11) is -3.12. The molecule has 2 heterocycles. The first-order valence-electron chi connectivity index (χ1n) is 5.18. The molecule has 17 heavy (non-hydrogen) atoms. The SMILES string of the molecule is CCS(=O)(=O)NCc1cc(-c2ccoc2)cs1. The van der Waals surface area contributed by atoms with Gasteiger partial charge in [-0.15, -0.1) is 11.3 Å². The van der Waals surface area contributed by atoms with Crippen molar-refractivity contribution in [2.45, 2.75) is 13.5 Å². The molecule has 0 aliphatic rings. The summed E-state index contributed by atoms with van der Waals surface area (Å²) >= 11 is 1.53. The third-order valence-electron chi connectivity index (χ3n) is 2.35. The van der Waals surface area contributed by atoms with E-state index in [1.54, 1.807) is 19.5 Å². The molecule has 0 amide bonds. The van der Waals surface area contributed by atoms with Gasteiger partial charge in [0.15, 0.2) is 0 Å². The monoisotopic (exact) mass is 271 g/mol. The van der Waals surface area contributed by atoms with E-state index in [0.717, 1.165) is 16.0 Å². The van der Waals surface area contributed by atoms with Gasteiger partial charge in [0.25, 0.3) is 0 Å². The van der Waals surface area contributed by atoms with Gasteiger partial charge < -0.3 is 4.42 Å². The molecule has 1 N–H and O–H groups in total. The Morgan fingerprint density at radius 3 is 2.88 bits per heavy atom. The van der Waals surface area contributed by atoms with E-state index in [1.165, 1.54) is 11.3 Å². The average molecular weight is 271 g/mol. The maximum absolute atomic E-state index is 11.3. The van der Waals surface area contributed by atoms with Gasteiger partial charge in [-0.25, -0.2) is 13.1 Å². The van der Waals surface area contributed by atoms with Gasteiger partial charge in [-0.2, -0.15) is 0 Å². The van der Waals surface area contributed by atoms with Crippen LogP contribution < -0.4 is 4.72 Å². The van der Waals surface area contributed by atoms with Gasteiger partial charge in [-0.3, -0.25) is 0 Å². The van der Waals surface area contributed by atoms with Crippen molar-refractivity contribution < 1.29 is 12.8 Å². The lowest BCUT2D eigenvalue weighted by Gasteiger charge is -2.01. The number of thiophene rings is 1. The smallest absolute Gasteiger partial charge is 0.211 e. The highest BCUT2D eigenvalue weighted by atomic mass is 32.2. The van der Waals surface area contributed by atoms with Gasteiger partial charge in [0.2, 0.25) is 10.0 Å². The summed E-state index contributed by atoms with van der Waals surface area (Å²) in [6.07, 6.45) is 3.29. The van der Waals surface area contributed by atoms with E-state index >= 15 is 0 Å². The van der Waals surface area contributed by atoms with E-state index in [0.29, 0.717) is 6.54 Å². The standard InChI is InChI=1S/C11H13NO3S2/c1-2-17(13,14)12-6-11-5-10(8-16-11)9-3-4-15-7-9/h3-5,7-8,12H,2,6H2,1H3. The van der Waals surface area contributed by atoms with Crippen LogP contribution in [0.15, 0.2) is 34.5 Å². The molecular formula is C11H13NO3S2. The number of hydrogen-bond acceptors (Lipinski definition) is 4. The number of furan rings is 1. The van der Waals surface area contributed by atoms with E-state index in [-0.39, 0.29) is 5.75 Å². The van der Waals surface area contributed by atoms with Crippen LogP contribution in [0, 0.1) is 0 Å². The van der Waals surface area contributed by atoms with Gasteiger partial charge in [0, 0.05) is 17.0 Å². The normalized spacial score (nSPS) is 11.8. The first-order valence-corrected chi connectivity index (χ1v) is 7.71. The first kappa shape index (κ1) is 12.3. The summed E-state index contributed by atoms with van der Waals surface area (Å²) in [5, 5.41) is 1.99. The lowest BCUT2D eigenvalue weighted by atomic mass is 10.2. The van der Waals surface area contributed by atoms with Crippen molar-refractivity contribution in [2.24, 2.45) is 0 Å². The predicted octanol–water partition coefficient (Wildman–Crippen LogP) is 2.45. The van der Waals surface area contributed by atoms with Crippen molar-refractivity contribution in [3.05, 3.63) is 34.9 Å². The zero-order valence-electron chi connectivity index (χ0n) is 9.34. The molecule has 2 rings (SSSR count). The third kappa shape index (κ3) is 3.18. The summed E-state index contributed by atoms with van der Waals surface area (Å²) in [6, 6.07) is 3.84. The third-order valence-corrected chi connectivity index (χ3v) is 4.64. The van der Waals surface area contributed by atoms with Crippen LogP contribution in [0.5, 0.6) is 0 Å². The minimum absolute atomic E-state index is 0.104. The topological polar surface area (TPSA) is 59.3 Å². The van der Waals surface area contributed by atoms with Crippen molar-refractivity contribution in [3.63, 3.8) is 0 Å². The Kier molecular flexibility index (Phi) is 3.66. The molecule has 0 radical (unpaired) electrons. The largest absolute Gasteiger partial charge is 0.472 e. The summed E-state index contributed by atoms with van der Waals surface area (Å²) in [5.41, 5.74) is 2.06. The zero-order chi connectivity index (χ0) is 12.3. The molecule has 0 saturated carbocycles. The summed E-state index contributed by atoms with van der Waals surface area (Å²) in [4.78, 5) is 0.984. The van der Waals surface area contributed by atoms with E-state index < -0.39 is 10.0 Å². The number of sulfonamides is 1. The summed E-state index contributed by atoms with van der Waals surface area (Å²) < 4.78 is 30.1. The molecule has 0 unspecified atom stereocenters. The fourth-order valence-corrected chi connectivity index (χ4v) is 2.84. The second kappa shape index (κ2) is 5.03. The van der Waals surface area contributed by atoms with Crippen LogP contribution in [0.3, 0.4) is 0 Å². The van der Waals surface area contributed by atoms with Crippen LogP contribution >= 0.6 is 11.3 Å². The van der Waals surface area contributed by atoms with Crippen LogP contribution in [0.2, 0.25) is 0 Å². The van der Waals surface area contributed by atoms with Crippen LogP contribution in [0.4, 0.5) is 0 Å². The highest BCUT2D eigenvalue weighted by molar-refractivity contribution is 7.89. The Labute approximate surface area is 104 Å². The second-order valence-electron chi connectivity index (χ2n) is 3.54. The molecule has 0 aliphatic heterocycles. The summed E-state index contributed by atoms with van der Waals surface area (Å²) in [6.45, 7) is 1.96. The minimum Gasteiger partial charge on any atom is -0.472 e. The molecule has 0 saturated heterocycles. The molecule has 2 aromatic rings. The molecule has 0 spiro atoms. The molecule has 0 aliphatic carbocycles.